The average molecular weight is 314 g/mol. The number of aliphatic carboxylic acids is 3. The molecule has 3 atom stereocenters. The largest absolute Gasteiger partial charge is 0.480 e. The number of hydrogen-bond donors (Lipinski definition) is 4. The lowest BCUT2D eigenvalue weighted by atomic mass is 10.3. The highest BCUT2D eigenvalue weighted by Crippen LogP contribution is 2.26. The fourth-order valence-corrected chi connectivity index (χ4v) is 3.26. The SMILES string of the molecule is C=CC(SC(C(=O)O)C(C(=O)O)S(=O)(=O)O)C(=O)O. The van der Waals surface area contributed by atoms with Gasteiger partial charge in [-0.1, -0.05) is 6.08 Å². The smallest absolute Gasteiger partial charge is 0.326 e. The molecule has 19 heavy (non-hydrogen) atoms. The first-order valence-electron chi connectivity index (χ1n) is 4.45. The first-order chi connectivity index (χ1) is 8.52. The summed E-state index contributed by atoms with van der Waals surface area (Å²) >= 11 is 0.0322. The summed E-state index contributed by atoms with van der Waals surface area (Å²) in [6.07, 6.45) is 0.811. The first kappa shape index (κ1) is 17.4. The van der Waals surface area contributed by atoms with Gasteiger partial charge in [-0.15, -0.1) is 18.3 Å². The summed E-state index contributed by atoms with van der Waals surface area (Å²) in [7, 11) is -5.22. The second-order valence-electron chi connectivity index (χ2n) is 3.16. The number of hydrogen-bond acceptors (Lipinski definition) is 6. The molecule has 0 amide bonds. The van der Waals surface area contributed by atoms with Gasteiger partial charge in [0.2, 0.25) is 5.25 Å². The van der Waals surface area contributed by atoms with Crippen LogP contribution in [0, 0.1) is 0 Å². The molecule has 0 aromatic heterocycles. The second-order valence-corrected chi connectivity index (χ2v) is 5.99. The molecule has 9 nitrogen and oxygen atoms in total. The van der Waals surface area contributed by atoms with Gasteiger partial charge in [0.1, 0.15) is 10.5 Å². The summed E-state index contributed by atoms with van der Waals surface area (Å²) in [6, 6.07) is 0. The van der Waals surface area contributed by atoms with E-state index in [0.717, 1.165) is 6.08 Å². The normalized spacial score (nSPS) is 16.1. The van der Waals surface area contributed by atoms with E-state index in [0.29, 0.717) is 0 Å². The monoisotopic (exact) mass is 314 g/mol. The number of thioether (sulfide) groups is 1. The van der Waals surface area contributed by atoms with Crippen molar-refractivity contribution in [2.45, 2.75) is 15.7 Å². The van der Waals surface area contributed by atoms with E-state index in [4.69, 9.17) is 19.9 Å². The maximum absolute atomic E-state index is 10.9. The summed E-state index contributed by atoms with van der Waals surface area (Å²) in [4.78, 5) is 32.3. The Morgan fingerprint density at radius 1 is 1.05 bits per heavy atom. The molecule has 0 aliphatic heterocycles. The maximum atomic E-state index is 10.9. The van der Waals surface area contributed by atoms with Gasteiger partial charge in [-0.05, 0) is 0 Å². The van der Waals surface area contributed by atoms with Gasteiger partial charge in [0.15, 0.2) is 0 Å². The summed E-state index contributed by atoms with van der Waals surface area (Å²) < 4.78 is 30.5. The standard InChI is InChI=1S/C8H10O9S2/c1-2-3(6(9)10)18-4(7(11)12)5(8(13)14)19(15,16)17/h2-5H,1H2,(H,9,10)(H,11,12)(H,13,14)(H,15,16,17). The second kappa shape index (κ2) is 6.54. The van der Waals surface area contributed by atoms with E-state index in [-0.39, 0.29) is 11.8 Å². The lowest BCUT2D eigenvalue weighted by molar-refractivity contribution is -0.142. The Kier molecular flexibility index (Phi) is 5.99. The minimum Gasteiger partial charge on any atom is -0.480 e. The molecule has 0 spiro atoms. The van der Waals surface area contributed by atoms with Crippen LogP contribution < -0.4 is 0 Å². The Bertz CT molecular complexity index is 494. The summed E-state index contributed by atoms with van der Waals surface area (Å²) in [5, 5.41) is 19.7. The summed E-state index contributed by atoms with van der Waals surface area (Å²) in [6.45, 7) is 3.11. The predicted molar refractivity (Wildman–Crippen MR) is 63.6 cm³/mol. The molecular formula is C8H10O9S2. The van der Waals surface area contributed by atoms with Crippen molar-refractivity contribution in [3.8, 4) is 0 Å². The molecule has 0 saturated heterocycles. The van der Waals surface area contributed by atoms with E-state index < -0.39 is 43.8 Å². The first-order valence-corrected chi connectivity index (χ1v) is 6.89. The van der Waals surface area contributed by atoms with Crippen LogP contribution in [-0.2, 0) is 24.5 Å². The molecule has 0 aliphatic carbocycles. The van der Waals surface area contributed by atoms with Crippen molar-refractivity contribution in [2.75, 3.05) is 0 Å². The van der Waals surface area contributed by atoms with E-state index in [9.17, 15) is 22.8 Å². The lowest BCUT2D eigenvalue weighted by Gasteiger charge is -2.19. The molecule has 0 saturated carbocycles. The third-order valence-corrected chi connectivity index (χ3v) is 4.58. The van der Waals surface area contributed by atoms with Gasteiger partial charge in [-0.3, -0.25) is 18.9 Å². The van der Waals surface area contributed by atoms with Gasteiger partial charge < -0.3 is 15.3 Å². The van der Waals surface area contributed by atoms with Gasteiger partial charge >= 0.3 is 17.9 Å². The third kappa shape index (κ3) is 4.89. The highest BCUT2D eigenvalue weighted by atomic mass is 32.2. The fourth-order valence-electron chi connectivity index (χ4n) is 1.04. The predicted octanol–water partition coefficient (Wildman–Crippen LogP) is -0.847. The van der Waals surface area contributed by atoms with Crippen molar-refractivity contribution >= 4 is 39.8 Å². The van der Waals surface area contributed by atoms with Crippen molar-refractivity contribution < 1.29 is 42.7 Å². The fraction of sp³-hybridized carbons (Fsp3) is 0.375. The topological polar surface area (TPSA) is 166 Å². The van der Waals surface area contributed by atoms with Crippen LogP contribution in [0.4, 0.5) is 0 Å². The van der Waals surface area contributed by atoms with Crippen LogP contribution in [0.15, 0.2) is 12.7 Å². The zero-order valence-corrected chi connectivity index (χ0v) is 10.8. The van der Waals surface area contributed by atoms with Gasteiger partial charge in [0, 0.05) is 0 Å². The Morgan fingerprint density at radius 2 is 1.53 bits per heavy atom. The minimum absolute atomic E-state index is 0.0322. The van der Waals surface area contributed by atoms with Crippen LogP contribution in [-0.4, -0.2) is 61.9 Å². The molecule has 0 radical (unpaired) electrons. The van der Waals surface area contributed by atoms with Crippen molar-refractivity contribution in [3.63, 3.8) is 0 Å². The lowest BCUT2D eigenvalue weighted by Crippen LogP contribution is -2.44. The van der Waals surface area contributed by atoms with Crippen LogP contribution in [0.25, 0.3) is 0 Å². The molecule has 0 aromatic carbocycles. The molecule has 0 aromatic rings. The Labute approximate surface area is 111 Å². The number of carboxylic acid groups (broad SMARTS) is 3. The average Bonchev–Trinajstić information content (AvgIpc) is 2.20. The Morgan fingerprint density at radius 3 is 1.74 bits per heavy atom. The van der Waals surface area contributed by atoms with Crippen LogP contribution >= 0.6 is 11.8 Å². The van der Waals surface area contributed by atoms with Gasteiger partial charge in [0.25, 0.3) is 10.1 Å². The number of carboxylic acids is 3. The molecule has 11 heteroatoms. The van der Waals surface area contributed by atoms with Crippen molar-refractivity contribution in [2.24, 2.45) is 0 Å². The maximum Gasteiger partial charge on any atom is 0.326 e. The van der Waals surface area contributed by atoms with Crippen LogP contribution in [0.3, 0.4) is 0 Å². The molecule has 3 unspecified atom stereocenters. The molecule has 0 rings (SSSR count). The summed E-state index contributed by atoms with van der Waals surface area (Å²) in [5.74, 6) is -5.51. The zero-order chi connectivity index (χ0) is 15.4. The van der Waals surface area contributed by atoms with Gasteiger partial charge in [0.05, 0.1) is 0 Å². The van der Waals surface area contributed by atoms with E-state index in [1.165, 1.54) is 0 Å². The molecular weight excluding hydrogens is 304 g/mol. The van der Waals surface area contributed by atoms with E-state index >= 15 is 0 Å². The van der Waals surface area contributed by atoms with Crippen LogP contribution in [0.5, 0.6) is 0 Å². The zero-order valence-electron chi connectivity index (χ0n) is 9.16. The molecule has 0 aliphatic rings. The minimum atomic E-state index is -5.22. The van der Waals surface area contributed by atoms with E-state index in [1.807, 2.05) is 0 Å². The molecule has 4 N–H and O–H groups in total. The molecule has 0 fully saturated rings. The number of rotatable bonds is 8. The quantitative estimate of drug-likeness (QED) is 0.327. The Balaban J connectivity index is 5.53. The Hall–Kier alpha value is -1.59. The van der Waals surface area contributed by atoms with Crippen molar-refractivity contribution in [1.29, 1.82) is 0 Å². The molecule has 108 valence electrons. The molecule has 0 bridgehead atoms. The van der Waals surface area contributed by atoms with Gasteiger partial charge in [-0.2, -0.15) is 8.42 Å². The van der Waals surface area contributed by atoms with Crippen LogP contribution in [0.2, 0.25) is 0 Å². The molecule has 0 heterocycles. The third-order valence-electron chi connectivity index (χ3n) is 1.83. The highest BCUT2D eigenvalue weighted by molar-refractivity contribution is 8.03. The van der Waals surface area contributed by atoms with Gasteiger partial charge in [-0.25, -0.2) is 0 Å². The van der Waals surface area contributed by atoms with E-state index in [1.54, 1.807) is 0 Å². The van der Waals surface area contributed by atoms with Crippen LogP contribution in [0.1, 0.15) is 0 Å². The number of carbonyl (C=O) groups is 3. The summed E-state index contributed by atoms with van der Waals surface area (Å²) in [5.41, 5.74) is 0. The highest BCUT2D eigenvalue weighted by Gasteiger charge is 2.45. The van der Waals surface area contributed by atoms with Crippen molar-refractivity contribution in [3.05, 3.63) is 12.7 Å². The van der Waals surface area contributed by atoms with E-state index in [2.05, 4.69) is 6.58 Å². The van der Waals surface area contributed by atoms with Crippen molar-refractivity contribution in [1.82, 2.24) is 0 Å².